The summed E-state index contributed by atoms with van der Waals surface area (Å²) in [6.45, 7) is 0. The lowest BCUT2D eigenvalue weighted by molar-refractivity contribution is 0.374. The SMILES string of the molecule is SC[C@@H]1CC[C@H]2C[C@@H]2C1. The average molecular weight is 142 g/mol. The van der Waals surface area contributed by atoms with Crippen molar-refractivity contribution in [3.05, 3.63) is 0 Å². The second kappa shape index (κ2) is 2.19. The summed E-state index contributed by atoms with van der Waals surface area (Å²) < 4.78 is 0. The van der Waals surface area contributed by atoms with Crippen molar-refractivity contribution in [1.29, 1.82) is 0 Å². The average Bonchev–Trinajstić information content (AvgIpc) is 2.64. The second-order valence-electron chi connectivity index (χ2n) is 3.62. The van der Waals surface area contributed by atoms with Gasteiger partial charge in [-0.3, -0.25) is 0 Å². The van der Waals surface area contributed by atoms with Crippen LogP contribution in [-0.4, -0.2) is 5.75 Å². The van der Waals surface area contributed by atoms with Crippen LogP contribution in [0.2, 0.25) is 0 Å². The first-order valence-corrected chi connectivity index (χ1v) is 4.64. The standard InChI is InChI=1S/C8H14S/c9-5-6-1-2-7-4-8(7)3-6/h6-9H,1-5H2/t6-,7+,8+/m1/s1. The van der Waals surface area contributed by atoms with E-state index in [0.29, 0.717) is 0 Å². The number of rotatable bonds is 1. The van der Waals surface area contributed by atoms with Crippen LogP contribution in [0, 0.1) is 17.8 Å². The molecule has 9 heavy (non-hydrogen) atoms. The Morgan fingerprint density at radius 3 is 2.67 bits per heavy atom. The maximum absolute atomic E-state index is 4.32. The highest BCUT2D eigenvalue weighted by Crippen LogP contribution is 2.51. The van der Waals surface area contributed by atoms with E-state index in [1.807, 2.05) is 0 Å². The number of hydrogen-bond donors (Lipinski definition) is 1. The minimum absolute atomic E-state index is 0.970. The highest BCUT2D eigenvalue weighted by molar-refractivity contribution is 7.80. The quantitative estimate of drug-likeness (QED) is 0.534. The third-order valence-corrected chi connectivity index (χ3v) is 3.43. The molecule has 0 radical (unpaired) electrons. The van der Waals surface area contributed by atoms with E-state index >= 15 is 0 Å². The summed E-state index contributed by atoms with van der Waals surface area (Å²) in [6.07, 6.45) is 6.01. The second-order valence-corrected chi connectivity index (χ2v) is 3.98. The molecule has 0 unspecified atom stereocenters. The molecular formula is C8H14S. The number of fused-ring (bicyclic) bond motifs is 1. The molecule has 0 N–H and O–H groups in total. The van der Waals surface area contributed by atoms with E-state index in [4.69, 9.17) is 0 Å². The zero-order chi connectivity index (χ0) is 6.27. The summed E-state index contributed by atoms with van der Waals surface area (Å²) in [5.41, 5.74) is 0. The van der Waals surface area contributed by atoms with Gasteiger partial charge in [0.1, 0.15) is 0 Å². The summed E-state index contributed by atoms with van der Waals surface area (Å²) in [5.74, 6) is 4.39. The van der Waals surface area contributed by atoms with E-state index in [-0.39, 0.29) is 0 Å². The van der Waals surface area contributed by atoms with Crippen molar-refractivity contribution < 1.29 is 0 Å². The lowest BCUT2D eigenvalue weighted by atomic mass is 9.91. The third kappa shape index (κ3) is 1.12. The lowest BCUT2D eigenvalue weighted by Crippen LogP contribution is -2.09. The Kier molecular flexibility index (Phi) is 1.48. The highest BCUT2D eigenvalue weighted by Gasteiger charge is 2.41. The fraction of sp³-hybridized carbons (Fsp3) is 1.00. The van der Waals surface area contributed by atoms with Crippen molar-refractivity contribution in [2.24, 2.45) is 17.8 Å². The first-order valence-electron chi connectivity index (χ1n) is 4.01. The van der Waals surface area contributed by atoms with Crippen LogP contribution < -0.4 is 0 Å². The van der Waals surface area contributed by atoms with E-state index in [1.165, 1.54) is 19.3 Å². The zero-order valence-electron chi connectivity index (χ0n) is 5.71. The van der Waals surface area contributed by atoms with E-state index < -0.39 is 0 Å². The predicted molar refractivity (Wildman–Crippen MR) is 42.8 cm³/mol. The number of hydrogen-bond acceptors (Lipinski definition) is 1. The van der Waals surface area contributed by atoms with Gasteiger partial charge in [0.15, 0.2) is 0 Å². The van der Waals surface area contributed by atoms with Crippen LogP contribution in [0.5, 0.6) is 0 Å². The summed E-state index contributed by atoms with van der Waals surface area (Å²) in [7, 11) is 0. The number of thiol groups is 1. The van der Waals surface area contributed by atoms with E-state index in [9.17, 15) is 0 Å². The van der Waals surface area contributed by atoms with Gasteiger partial charge in [0, 0.05) is 0 Å². The van der Waals surface area contributed by atoms with Crippen molar-refractivity contribution in [1.82, 2.24) is 0 Å². The molecule has 0 heterocycles. The van der Waals surface area contributed by atoms with Crippen LogP contribution in [-0.2, 0) is 0 Å². The molecule has 3 atom stereocenters. The van der Waals surface area contributed by atoms with Gasteiger partial charge in [-0.15, -0.1) is 0 Å². The van der Waals surface area contributed by atoms with Gasteiger partial charge in [-0.05, 0) is 49.2 Å². The Labute approximate surface area is 62.4 Å². The first kappa shape index (κ1) is 6.09. The van der Waals surface area contributed by atoms with Gasteiger partial charge in [-0.1, -0.05) is 0 Å². The van der Waals surface area contributed by atoms with Gasteiger partial charge in [-0.25, -0.2) is 0 Å². The maximum Gasteiger partial charge on any atom is -0.00694 e. The Hall–Kier alpha value is 0.350. The van der Waals surface area contributed by atoms with E-state index in [1.54, 1.807) is 6.42 Å². The van der Waals surface area contributed by atoms with Crippen LogP contribution >= 0.6 is 12.6 Å². The first-order chi connectivity index (χ1) is 4.40. The Bertz CT molecular complexity index is 111. The summed E-state index contributed by atoms with van der Waals surface area (Å²) in [4.78, 5) is 0. The molecule has 2 aliphatic carbocycles. The van der Waals surface area contributed by atoms with Crippen LogP contribution in [0.4, 0.5) is 0 Å². The molecule has 0 aliphatic heterocycles. The monoisotopic (exact) mass is 142 g/mol. The van der Waals surface area contributed by atoms with Crippen molar-refractivity contribution in [2.45, 2.75) is 25.7 Å². The minimum atomic E-state index is 0.970. The predicted octanol–water partition coefficient (Wildman–Crippen LogP) is 2.35. The molecule has 0 saturated heterocycles. The molecule has 0 amide bonds. The van der Waals surface area contributed by atoms with Crippen molar-refractivity contribution in [2.75, 3.05) is 5.75 Å². The molecule has 1 heteroatoms. The summed E-state index contributed by atoms with van der Waals surface area (Å²) in [6, 6.07) is 0. The molecule has 0 nitrogen and oxygen atoms in total. The van der Waals surface area contributed by atoms with Crippen molar-refractivity contribution in [3.63, 3.8) is 0 Å². The Morgan fingerprint density at radius 2 is 2.00 bits per heavy atom. The fourth-order valence-electron chi connectivity index (χ4n) is 2.11. The molecular weight excluding hydrogens is 128 g/mol. The molecule has 2 aliphatic rings. The maximum atomic E-state index is 4.32. The smallest absolute Gasteiger partial charge is 0.00694 e. The van der Waals surface area contributed by atoms with Gasteiger partial charge in [0.2, 0.25) is 0 Å². The molecule has 2 saturated carbocycles. The highest BCUT2D eigenvalue weighted by atomic mass is 32.1. The minimum Gasteiger partial charge on any atom is -0.179 e. The van der Waals surface area contributed by atoms with Crippen LogP contribution in [0.1, 0.15) is 25.7 Å². The van der Waals surface area contributed by atoms with Crippen LogP contribution in [0.25, 0.3) is 0 Å². The van der Waals surface area contributed by atoms with Gasteiger partial charge in [-0.2, -0.15) is 12.6 Å². The van der Waals surface area contributed by atoms with Gasteiger partial charge >= 0.3 is 0 Å². The lowest BCUT2D eigenvalue weighted by Gasteiger charge is -2.18. The van der Waals surface area contributed by atoms with Gasteiger partial charge < -0.3 is 0 Å². The molecule has 0 spiro atoms. The molecule has 0 aromatic carbocycles. The van der Waals surface area contributed by atoms with Crippen LogP contribution in [0.15, 0.2) is 0 Å². The topological polar surface area (TPSA) is 0 Å². The third-order valence-electron chi connectivity index (χ3n) is 2.91. The Balaban J connectivity index is 1.86. The van der Waals surface area contributed by atoms with E-state index in [0.717, 1.165) is 23.5 Å². The molecule has 2 fully saturated rings. The molecule has 0 aromatic heterocycles. The molecule has 2 rings (SSSR count). The normalized spacial score (nSPS) is 48.3. The fourth-order valence-corrected chi connectivity index (χ4v) is 2.45. The largest absolute Gasteiger partial charge is 0.179 e. The summed E-state index contributed by atoms with van der Waals surface area (Å²) in [5, 5.41) is 0. The molecule has 52 valence electrons. The molecule has 0 bridgehead atoms. The van der Waals surface area contributed by atoms with E-state index in [2.05, 4.69) is 12.6 Å². The van der Waals surface area contributed by atoms with Crippen molar-refractivity contribution in [3.8, 4) is 0 Å². The summed E-state index contributed by atoms with van der Waals surface area (Å²) >= 11 is 4.32. The van der Waals surface area contributed by atoms with Crippen molar-refractivity contribution >= 4 is 12.6 Å². The van der Waals surface area contributed by atoms with Crippen LogP contribution in [0.3, 0.4) is 0 Å². The molecule has 0 aromatic rings. The zero-order valence-corrected chi connectivity index (χ0v) is 6.61. The Morgan fingerprint density at radius 1 is 1.11 bits per heavy atom. The van der Waals surface area contributed by atoms with Gasteiger partial charge in [0.25, 0.3) is 0 Å². The van der Waals surface area contributed by atoms with Gasteiger partial charge in [0.05, 0.1) is 0 Å².